The largest absolute Gasteiger partial charge is 0.390 e. The van der Waals surface area contributed by atoms with Gasteiger partial charge in [0.05, 0.1) is 6.10 Å². The molecule has 0 unspecified atom stereocenters. The average molecular weight is 201 g/mol. The lowest BCUT2D eigenvalue weighted by atomic mass is 10.3. The molecule has 0 spiro atoms. The van der Waals surface area contributed by atoms with E-state index in [0.717, 1.165) is 32.7 Å². The van der Waals surface area contributed by atoms with E-state index in [-0.39, 0.29) is 6.10 Å². The van der Waals surface area contributed by atoms with Crippen LogP contribution in [-0.2, 0) is 0 Å². The van der Waals surface area contributed by atoms with Crippen LogP contribution < -0.4 is 5.73 Å². The molecule has 1 aliphatic rings. The first-order valence-corrected chi connectivity index (χ1v) is 5.59. The van der Waals surface area contributed by atoms with Gasteiger partial charge in [0.1, 0.15) is 0 Å². The first-order chi connectivity index (χ1) is 6.76. The maximum Gasteiger partial charge on any atom is 0.0789 e. The van der Waals surface area contributed by atoms with Gasteiger partial charge in [0, 0.05) is 26.2 Å². The zero-order valence-electron chi connectivity index (χ0n) is 9.15. The highest BCUT2D eigenvalue weighted by Crippen LogP contribution is 2.03. The molecule has 4 heteroatoms. The van der Waals surface area contributed by atoms with Gasteiger partial charge in [0.2, 0.25) is 0 Å². The molecule has 0 aromatic rings. The quantitative estimate of drug-likeness (QED) is 0.634. The Morgan fingerprint density at radius 2 is 1.86 bits per heavy atom. The van der Waals surface area contributed by atoms with E-state index in [1.54, 1.807) is 0 Å². The molecule has 3 N–H and O–H groups in total. The summed E-state index contributed by atoms with van der Waals surface area (Å²) >= 11 is 0. The van der Waals surface area contributed by atoms with E-state index in [4.69, 9.17) is 5.73 Å². The van der Waals surface area contributed by atoms with Crippen molar-refractivity contribution in [3.63, 3.8) is 0 Å². The van der Waals surface area contributed by atoms with E-state index in [1.807, 2.05) is 0 Å². The lowest BCUT2D eigenvalue weighted by molar-refractivity contribution is 0.120. The zero-order chi connectivity index (χ0) is 10.4. The van der Waals surface area contributed by atoms with Gasteiger partial charge in [0.25, 0.3) is 0 Å². The molecule has 1 aliphatic heterocycles. The third-order valence-electron chi connectivity index (χ3n) is 2.87. The Morgan fingerprint density at radius 1 is 1.21 bits per heavy atom. The van der Waals surface area contributed by atoms with Gasteiger partial charge in [-0.1, -0.05) is 6.92 Å². The van der Waals surface area contributed by atoms with E-state index < -0.39 is 0 Å². The topological polar surface area (TPSA) is 52.7 Å². The molecular weight excluding hydrogens is 178 g/mol. The predicted molar refractivity (Wildman–Crippen MR) is 58.2 cm³/mol. The molecule has 1 saturated heterocycles. The lowest BCUT2D eigenvalue weighted by Gasteiger charge is -2.22. The number of hydrogen-bond acceptors (Lipinski definition) is 4. The Labute approximate surface area is 86.7 Å². The van der Waals surface area contributed by atoms with Crippen molar-refractivity contribution in [2.24, 2.45) is 5.73 Å². The molecule has 14 heavy (non-hydrogen) atoms. The van der Waals surface area contributed by atoms with Crippen LogP contribution in [0.1, 0.15) is 13.3 Å². The first-order valence-electron chi connectivity index (χ1n) is 5.59. The molecule has 0 bridgehead atoms. The summed E-state index contributed by atoms with van der Waals surface area (Å²) in [5, 5.41) is 9.44. The van der Waals surface area contributed by atoms with Crippen LogP contribution in [0.15, 0.2) is 0 Å². The number of hydrogen-bond donors (Lipinski definition) is 2. The molecule has 0 aromatic carbocycles. The van der Waals surface area contributed by atoms with E-state index in [9.17, 15) is 5.11 Å². The van der Waals surface area contributed by atoms with Crippen LogP contribution >= 0.6 is 0 Å². The molecule has 0 aromatic heterocycles. The number of aliphatic hydroxyl groups is 1. The van der Waals surface area contributed by atoms with Crippen LogP contribution in [0.5, 0.6) is 0 Å². The van der Waals surface area contributed by atoms with Crippen LogP contribution in [0.4, 0.5) is 0 Å². The highest BCUT2D eigenvalue weighted by atomic mass is 16.3. The second-order valence-corrected chi connectivity index (χ2v) is 3.98. The van der Waals surface area contributed by atoms with Gasteiger partial charge in [-0.25, -0.2) is 0 Å². The van der Waals surface area contributed by atoms with Gasteiger partial charge in [-0.2, -0.15) is 0 Å². The number of nitrogens with two attached hydrogens (primary N) is 1. The summed E-state index contributed by atoms with van der Waals surface area (Å²) in [5.41, 5.74) is 5.39. The Kier molecular flexibility index (Phi) is 5.40. The fourth-order valence-corrected chi connectivity index (χ4v) is 1.90. The minimum absolute atomic E-state index is 0.358. The van der Waals surface area contributed by atoms with Gasteiger partial charge in [-0.15, -0.1) is 0 Å². The highest BCUT2D eigenvalue weighted by Gasteiger charge is 2.15. The van der Waals surface area contributed by atoms with Crippen molar-refractivity contribution in [2.45, 2.75) is 19.4 Å². The monoisotopic (exact) mass is 201 g/mol. The van der Waals surface area contributed by atoms with Crippen molar-refractivity contribution in [1.29, 1.82) is 0 Å². The van der Waals surface area contributed by atoms with Gasteiger partial charge < -0.3 is 15.7 Å². The smallest absolute Gasteiger partial charge is 0.0789 e. The Balaban J connectivity index is 2.27. The summed E-state index contributed by atoms with van der Waals surface area (Å²) in [7, 11) is 0. The van der Waals surface area contributed by atoms with E-state index in [2.05, 4.69) is 16.7 Å². The van der Waals surface area contributed by atoms with Crippen LogP contribution in [0.3, 0.4) is 0 Å². The summed E-state index contributed by atoms with van der Waals surface area (Å²) in [4.78, 5) is 4.77. The Hall–Kier alpha value is -0.160. The number of likely N-dealkylation sites (N-methyl/N-ethyl adjacent to an activating group) is 1. The fourth-order valence-electron chi connectivity index (χ4n) is 1.90. The molecule has 0 aliphatic carbocycles. The summed E-state index contributed by atoms with van der Waals surface area (Å²) < 4.78 is 0. The predicted octanol–water partition coefficient (Wildman–Crippen LogP) is -0.666. The SMILES string of the molecule is CCN1CCCN(C[C@H](O)CN)CC1. The van der Waals surface area contributed by atoms with Gasteiger partial charge in [-0.05, 0) is 26.1 Å². The third-order valence-corrected chi connectivity index (χ3v) is 2.87. The molecule has 1 atom stereocenters. The summed E-state index contributed by atoms with van der Waals surface area (Å²) in [5.74, 6) is 0. The van der Waals surface area contributed by atoms with Crippen molar-refractivity contribution >= 4 is 0 Å². The normalized spacial score (nSPS) is 23.4. The molecule has 0 radical (unpaired) electrons. The van der Waals surface area contributed by atoms with Crippen molar-refractivity contribution in [3.05, 3.63) is 0 Å². The van der Waals surface area contributed by atoms with Crippen LogP contribution in [0.2, 0.25) is 0 Å². The van der Waals surface area contributed by atoms with Gasteiger partial charge in [0.15, 0.2) is 0 Å². The molecule has 1 heterocycles. The second-order valence-electron chi connectivity index (χ2n) is 3.98. The average Bonchev–Trinajstić information content (AvgIpc) is 2.43. The molecule has 1 rings (SSSR count). The Bertz CT molecular complexity index is 154. The van der Waals surface area contributed by atoms with Crippen molar-refractivity contribution < 1.29 is 5.11 Å². The van der Waals surface area contributed by atoms with Crippen LogP contribution in [0.25, 0.3) is 0 Å². The molecule has 0 saturated carbocycles. The van der Waals surface area contributed by atoms with Gasteiger partial charge in [-0.3, -0.25) is 4.90 Å². The molecule has 1 fully saturated rings. The van der Waals surface area contributed by atoms with Gasteiger partial charge >= 0.3 is 0 Å². The maximum atomic E-state index is 9.44. The Morgan fingerprint density at radius 3 is 2.50 bits per heavy atom. The molecule has 0 amide bonds. The summed E-state index contributed by atoms with van der Waals surface area (Å²) in [6.07, 6.45) is 0.841. The maximum absolute atomic E-state index is 9.44. The fraction of sp³-hybridized carbons (Fsp3) is 1.00. The standard InChI is InChI=1S/C10H23N3O/c1-2-12-4-3-5-13(7-6-12)9-10(14)8-11/h10,14H,2-9,11H2,1H3/t10-/m1/s1. The number of rotatable bonds is 4. The summed E-state index contributed by atoms with van der Waals surface area (Å²) in [6, 6.07) is 0. The van der Waals surface area contributed by atoms with E-state index in [0.29, 0.717) is 6.54 Å². The number of nitrogens with zero attached hydrogens (tertiary/aromatic N) is 2. The minimum atomic E-state index is -0.358. The molecular formula is C10H23N3O. The van der Waals surface area contributed by atoms with Crippen LogP contribution in [0, 0.1) is 0 Å². The van der Waals surface area contributed by atoms with Crippen LogP contribution in [-0.4, -0.2) is 66.8 Å². The second kappa shape index (κ2) is 6.35. The lowest BCUT2D eigenvalue weighted by Crippen LogP contribution is -2.38. The molecule has 4 nitrogen and oxygen atoms in total. The van der Waals surface area contributed by atoms with E-state index >= 15 is 0 Å². The number of aliphatic hydroxyl groups excluding tert-OH is 1. The minimum Gasteiger partial charge on any atom is -0.390 e. The first kappa shape index (κ1) is 11.9. The zero-order valence-corrected chi connectivity index (χ0v) is 9.15. The molecule has 84 valence electrons. The highest BCUT2D eigenvalue weighted by molar-refractivity contribution is 4.71. The summed E-state index contributed by atoms with van der Waals surface area (Å²) in [6.45, 7) is 8.89. The number of β-amino-alcohol motifs (C(OH)–C–C–N with tert-alkyl or cyclic N) is 1. The van der Waals surface area contributed by atoms with Crippen molar-refractivity contribution in [2.75, 3.05) is 45.8 Å². The van der Waals surface area contributed by atoms with Crippen molar-refractivity contribution in [1.82, 2.24) is 9.80 Å². The van der Waals surface area contributed by atoms with Crippen molar-refractivity contribution in [3.8, 4) is 0 Å². The van der Waals surface area contributed by atoms with E-state index in [1.165, 1.54) is 13.0 Å². The third kappa shape index (κ3) is 3.92.